The summed E-state index contributed by atoms with van der Waals surface area (Å²) in [7, 11) is 1.70. The minimum absolute atomic E-state index is 0.00475. The number of ether oxygens (including phenoxy) is 1. The van der Waals surface area contributed by atoms with Crippen molar-refractivity contribution >= 4 is 11.7 Å². The fourth-order valence-electron chi connectivity index (χ4n) is 2.73. The minimum Gasteiger partial charge on any atom is -0.486 e. The second-order valence-corrected chi connectivity index (χ2v) is 6.62. The maximum atomic E-state index is 12.6. The van der Waals surface area contributed by atoms with E-state index < -0.39 is 0 Å². The van der Waals surface area contributed by atoms with Crippen molar-refractivity contribution in [1.82, 2.24) is 20.3 Å². The lowest BCUT2D eigenvalue weighted by Crippen LogP contribution is -2.26. The van der Waals surface area contributed by atoms with Crippen LogP contribution >= 0.6 is 0 Å². The van der Waals surface area contributed by atoms with Gasteiger partial charge >= 0.3 is 0 Å². The number of rotatable bonds is 7. The fourth-order valence-corrected chi connectivity index (χ4v) is 2.73. The molecule has 3 aromatic rings. The van der Waals surface area contributed by atoms with Gasteiger partial charge in [0.05, 0.1) is 5.69 Å². The smallest absolute Gasteiger partial charge is 0.276 e. The normalized spacial score (nSPS) is 10.7. The van der Waals surface area contributed by atoms with Crippen LogP contribution in [0.5, 0.6) is 5.75 Å². The van der Waals surface area contributed by atoms with Crippen LogP contribution < -0.4 is 4.74 Å². The van der Waals surface area contributed by atoms with E-state index in [0.29, 0.717) is 23.6 Å². The molecule has 0 saturated heterocycles. The quantitative estimate of drug-likeness (QED) is 0.630. The summed E-state index contributed by atoms with van der Waals surface area (Å²) in [6, 6.07) is 8.38. The SMILES string of the molecule is CC(=O)c1ccc(OCc2cc(C(=O)N(C)Cc3c(C)n[nH]c3C)no2)cc1. The Balaban J connectivity index is 1.59. The van der Waals surface area contributed by atoms with Crippen LogP contribution in [-0.2, 0) is 13.2 Å². The number of ketones is 1. The zero-order valence-electron chi connectivity index (χ0n) is 16.3. The first kappa shape index (κ1) is 19.3. The molecule has 0 unspecified atom stereocenters. The Morgan fingerprint density at radius 2 is 1.93 bits per heavy atom. The lowest BCUT2D eigenvalue weighted by molar-refractivity contribution is 0.0774. The van der Waals surface area contributed by atoms with E-state index in [1.807, 2.05) is 13.8 Å². The highest BCUT2D eigenvalue weighted by molar-refractivity contribution is 5.94. The van der Waals surface area contributed by atoms with Gasteiger partial charge in [0.25, 0.3) is 5.91 Å². The molecule has 0 atom stereocenters. The highest BCUT2D eigenvalue weighted by Gasteiger charge is 2.19. The molecule has 0 aliphatic heterocycles. The number of hydrogen-bond donors (Lipinski definition) is 1. The number of hydrogen-bond acceptors (Lipinski definition) is 6. The van der Waals surface area contributed by atoms with E-state index in [-0.39, 0.29) is 24.0 Å². The molecule has 0 aliphatic carbocycles. The number of Topliss-reactive ketones (excluding diaryl/α,β-unsaturated/α-hetero) is 1. The second kappa shape index (κ2) is 8.08. The molecule has 2 heterocycles. The van der Waals surface area contributed by atoms with Crippen LogP contribution in [0.4, 0.5) is 0 Å². The summed E-state index contributed by atoms with van der Waals surface area (Å²) >= 11 is 0. The summed E-state index contributed by atoms with van der Waals surface area (Å²) < 4.78 is 10.8. The second-order valence-electron chi connectivity index (χ2n) is 6.62. The van der Waals surface area contributed by atoms with Crippen molar-refractivity contribution in [1.29, 1.82) is 0 Å². The van der Waals surface area contributed by atoms with Gasteiger partial charge in [0.1, 0.15) is 12.4 Å². The lowest BCUT2D eigenvalue weighted by Gasteiger charge is -2.15. The van der Waals surface area contributed by atoms with E-state index in [1.165, 1.54) is 6.92 Å². The van der Waals surface area contributed by atoms with E-state index in [4.69, 9.17) is 9.26 Å². The molecule has 0 saturated carbocycles. The molecule has 8 heteroatoms. The molecule has 0 aliphatic rings. The molecule has 0 spiro atoms. The van der Waals surface area contributed by atoms with Gasteiger partial charge in [0.15, 0.2) is 17.2 Å². The van der Waals surface area contributed by atoms with Gasteiger partial charge in [0, 0.05) is 36.5 Å². The molecule has 0 radical (unpaired) electrons. The van der Waals surface area contributed by atoms with E-state index in [1.54, 1.807) is 42.3 Å². The Hall–Kier alpha value is -3.42. The fraction of sp³-hybridized carbons (Fsp3) is 0.300. The van der Waals surface area contributed by atoms with Crippen molar-refractivity contribution in [3.63, 3.8) is 0 Å². The number of aromatic nitrogens is 3. The van der Waals surface area contributed by atoms with E-state index in [0.717, 1.165) is 17.0 Å². The molecule has 1 amide bonds. The summed E-state index contributed by atoms with van der Waals surface area (Å²) in [5.41, 5.74) is 3.61. The number of aryl methyl sites for hydroxylation is 2. The van der Waals surface area contributed by atoms with Crippen molar-refractivity contribution in [3.8, 4) is 5.75 Å². The molecular formula is C20H22N4O4. The third-order valence-electron chi connectivity index (χ3n) is 4.44. The van der Waals surface area contributed by atoms with Crippen LogP contribution in [0, 0.1) is 13.8 Å². The molecule has 0 bridgehead atoms. The van der Waals surface area contributed by atoms with Crippen LogP contribution in [0.25, 0.3) is 0 Å². The van der Waals surface area contributed by atoms with Gasteiger partial charge in [-0.2, -0.15) is 5.10 Å². The van der Waals surface area contributed by atoms with E-state index in [2.05, 4.69) is 15.4 Å². The zero-order chi connectivity index (χ0) is 20.3. The predicted octanol–water partition coefficient (Wildman–Crippen LogP) is 3.07. The predicted molar refractivity (Wildman–Crippen MR) is 101 cm³/mol. The van der Waals surface area contributed by atoms with Gasteiger partial charge < -0.3 is 14.2 Å². The third kappa shape index (κ3) is 4.28. The summed E-state index contributed by atoms with van der Waals surface area (Å²) in [4.78, 5) is 25.4. The van der Waals surface area contributed by atoms with Gasteiger partial charge in [-0.3, -0.25) is 14.7 Å². The molecule has 0 fully saturated rings. The van der Waals surface area contributed by atoms with Gasteiger partial charge in [-0.05, 0) is 45.0 Å². The molecule has 1 N–H and O–H groups in total. The Morgan fingerprint density at radius 1 is 1.21 bits per heavy atom. The van der Waals surface area contributed by atoms with Gasteiger partial charge in [-0.15, -0.1) is 0 Å². The first-order valence-corrected chi connectivity index (χ1v) is 8.80. The summed E-state index contributed by atoms with van der Waals surface area (Å²) in [6.07, 6.45) is 0. The standard InChI is InChI=1S/C20H22N4O4/c1-12-18(13(2)22-21-12)10-24(4)20(26)19-9-17(28-23-19)11-27-16-7-5-15(6-8-16)14(3)25/h5-9H,10-11H2,1-4H3,(H,21,22). The topological polar surface area (TPSA) is 101 Å². The zero-order valence-corrected chi connectivity index (χ0v) is 16.3. The van der Waals surface area contributed by atoms with E-state index >= 15 is 0 Å². The van der Waals surface area contributed by atoms with Crippen molar-refractivity contribution in [3.05, 3.63) is 64.3 Å². The van der Waals surface area contributed by atoms with Crippen LogP contribution in [0.1, 0.15) is 50.5 Å². The first-order valence-electron chi connectivity index (χ1n) is 8.80. The Labute approximate surface area is 162 Å². The molecule has 8 nitrogen and oxygen atoms in total. The Kier molecular flexibility index (Phi) is 5.58. The lowest BCUT2D eigenvalue weighted by atomic mass is 10.1. The number of amides is 1. The van der Waals surface area contributed by atoms with Gasteiger partial charge in [-0.25, -0.2) is 0 Å². The minimum atomic E-state index is -0.249. The number of nitrogens with one attached hydrogen (secondary N) is 1. The highest BCUT2D eigenvalue weighted by atomic mass is 16.5. The number of H-pyrrole nitrogens is 1. The molecule has 2 aromatic heterocycles. The number of benzene rings is 1. The average Bonchev–Trinajstić information content (AvgIpc) is 3.28. The largest absolute Gasteiger partial charge is 0.486 e. The number of carbonyl (C=O) groups excluding carboxylic acids is 2. The Morgan fingerprint density at radius 3 is 2.54 bits per heavy atom. The van der Waals surface area contributed by atoms with Crippen molar-refractivity contribution in [2.75, 3.05) is 7.05 Å². The van der Waals surface area contributed by atoms with Crippen LogP contribution in [0.15, 0.2) is 34.9 Å². The summed E-state index contributed by atoms with van der Waals surface area (Å²) in [5, 5.41) is 10.9. The monoisotopic (exact) mass is 382 g/mol. The van der Waals surface area contributed by atoms with Crippen molar-refractivity contribution in [2.45, 2.75) is 33.9 Å². The molecule has 146 valence electrons. The average molecular weight is 382 g/mol. The maximum Gasteiger partial charge on any atom is 0.276 e. The van der Waals surface area contributed by atoms with Crippen LogP contribution in [0.2, 0.25) is 0 Å². The van der Waals surface area contributed by atoms with E-state index in [9.17, 15) is 9.59 Å². The summed E-state index contributed by atoms with van der Waals surface area (Å²) in [5.74, 6) is 0.774. The highest BCUT2D eigenvalue weighted by Crippen LogP contribution is 2.17. The van der Waals surface area contributed by atoms with Crippen LogP contribution in [-0.4, -0.2) is 39.0 Å². The van der Waals surface area contributed by atoms with Gasteiger partial charge in [-0.1, -0.05) is 5.16 Å². The first-order chi connectivity index (χ1) is 13.3. The number of nitrogens with zero attached hydrogens (tertiary/aromatic N) is 3. The molecule has 3 rings (SSSR count). The molecule has 28 heavy (non-hydrogen) atoms. The number of aromatic amines is 1. The maximum absolute atomic E-state index is 12.6. The van der Waals surface area contributed by atoms with Crippen molar-refractivity contribution in [2.24, 2.45) is 0 Å². The Bertz CT molecular complexity index is 969. The van der Waals surface area contributed by atoms with Gasteiger partial charge in [0.2, 0.25) is 0 Å². The molecule has 1 aromatic carbocycles. The third-order valence-corrected chi connectivity index (χ3v) is 4.44. The summed E-state index contributed by atoms with van der Waals surface area (Å²) in [6.45, 7) is 5.88. The molecular weight excluding hydrogens is 360 g/mol. The van der Waals surface area contributed by atoms with Crippen LogP contribution in [0.3, 0.4) is 0 Å². The number of carbonyl (C=O) groups is 2. The van der Waals surface area contributed by atoms with Crippen molar-refractivity contribution < 1.29 is 18.8 Å².